The molecule has 1 unspecified atom stereocenters. The molecule has 0 aromatic carbocycles. The average molecular weight is 216 g/mol. The summed E-state index contributed by atoms with van der Waals surface area (Å²) in [4.78, 5) is 23.8. The van der Waals surface area contributed by atoms with E-state index in [1.54, 1.807) is 11.8 Å². The third-order valence-corrected chi connectivity index (χ3v) is 2.22. The van der Waals surface area contributed by atoms with Crippen LogP contribution in [0.25, 0.3) is 0 Å². The minimum atomic E-state index is -0.467. The minimum absolute atomic E-state index is 0.0399. The Kier molecular flexibility index (Phi) is 4.20. The Balaban J connectivity index is 2.32. The van der Waals surface area contributed by atoms with Crippen LogP contribution < -0.4 is 5.32 Å². The van der Waals surface area contributed by atoms with Crippen molar-refractivity contribution in [1.82, 2.24) is 10.2 Å². The zero-order valence-corrected chi connectivity index (χ0v) is 8.99. The predicted molar refractivity (Wildman–Crippen MR) is 52.5 cm³/mol. The quantitative estimate of drug-likeness (QED) is 0.732. The van der Waals surface area contributed by atoms with Gasteiger partial charge in [-0.15, -0.1) is 0 Å². The van der Waals surface area contributed by atoms with Gasteiger partial charge >= 0.3 is 12.2 Å². The van der Waals surface area contributed by atoms with Gasteiger partial charge in [-0.25, -0.2) is 9.59 Å². The first-order valence-electron chi connectivity index (χ1n) is 4.93. The normalized spacial score (nSPS) is 19.9. The second-order valence-electron chi connectivity index (χ2n) is 3.27. The Bertz CT molecular complexity index is 244. The summed E-state index contributed by atoms with van der Waals surface area (Å²) in [6.45, 7) is 3.21. The fourth-order valence-corrected chi connectivity index (χ4v) is 1.48. The Morgan fingerprint density at radius 3 is 2.87 bits per heavy atom. The molecule has 1 rings (SSSR count). The molecule has 1 heterocycles. The molecule has 0 saturated carbocycles. The molecule has 0 aliphatic carbocycles. The van der Waals surface area contributed by atoms with Crippen LogP contribution in [0.5, 0.6) is 0 Å². The summed E-state index contributed by atoms with van der Waals surface area (Å²) in [5, 5.41) is 2.64. The van der Waals surface area contributed by atoms with Crippen molar-refractivity contribution in [3.63, 3.8) is 0 Å². The fourth-order valence-electron chi connectivity index (χ4n) is 1.48. The lowest BCUT2D eigenvalue weighted by molar-refractivity contribution is 0.114. The molecule has 2 amide bonds. The van der Waals surface area contributed by atoms with Crippen molar-refractivity contribution in [2.24, 2.45) is 0 Å². The Labute approximate surface area is 88.5 Å². The lowest BCUT2D eigenvalue weighted by atomic mass is 10.3. The molecule has 1 aliphatic heterocycles. The highest BCUT2D eigenvalue weighted by Crippen LogP contribution is 2.10. The number of alkyl carbamates (subject to hydrolysis) is 1. The van der Waals surface area contributed by atoms with E-state index in [4.69, 9.17) is 4.74 Å². The van der Waals surface area contributed by atoms with Gasteiger partial charge in [0, 0.05) is 13.1 Å². The summed E-state index contributed by atoms with van der Waals surface area (Å²) >= 11 is 0. The van der Waals surface area contributed by atoms with Gasteiger partial charge in [0.25, 0.3) is 0 Å². The van der Waals surface area contributed by atoms with Gasteiger partial charge in [0.2, 0.25) is 0 Å². The summed E-state index contributed by atoms with van der Waals surface area (Å²) in [6.07, 6.45) is -0.0640. The zero-order valence-electron chi connectivity index (χ0n) is 8.99. The number of carbonyl (C=O) groups is 2. The van der Waals surface area contributed by atoms with Crippen LogP contribution in [0.2, 0.25) is 0 Å². The van der Waals surface area contributed by atoms with Crippen molar-refractivity contribution in [3.8, 4) is 0 Å². The number of carbonyl (C=O) groups excluding carboxylic acids is 2. The summed E-state index contributed by atoms with van der Waals surface area (Å²) in [5.41, 5.74) is 0. The van der Waals surface area contributed by atoms with Gasteiger partial charge in [-0.2, -0.15) is 0 Å². The van der Waals surface area contributed by atoms with Gasteiger partial charge in [-0.05, 0) is 13.3 Å². The lowest BCUT2D eigenvalue weighted by Crippen LogP contribution is -2.38. The number of nitrogens with zero attached hydrogens (tertiary/aromatic N) is 1. The summed E-state index contributed by atoms with van der Waals surface area (Å²) < 4.78 is 9.32. The third kappa shape index (κ3) is 3.30. The van der Waals surface area contributed by atoms with Crippen LogP contribution in [-0.2, 0) is 9.47 Å². The van der Waals surface area contributed by atoms with Crippen molar-refractivity contribution in [2.45, 2.75) is 19.4 Å². The molecular formula is C9H16N2O4. The second-order valence-corrected chi connectivity index (χ2v) is 3.27. The standard InChI is InChI=1S/C9H16N2O4/c1-3-15-9(13)11-5-4-7(6-11)10-8(12)14-2/h7H,3-6H2,1-2H3,(H,10,12). The van der Waals surface area contributed by atoms with Crippen molar-refractivity contribution >= 4 is 12.2 Å². The van der Waals surface area contributed by atoms with Gasteiger partial charge in [-0.3, -0.25) is 0 Å². The Morgan fingerprint density at radius 1 is 1.53 bits per heavy atom. The molecule has 0 spiro atoms. The molecule has 1 fully saturated rings. The Morgan fingerprint density at radius 2 is 2.27 bits per heavy atom. The summed E-state index contributed by atoms with van der Waals surface area (Å²) in [6, 6.07) is -0.0399. The second kappa shape index (κ2) is 5.43. The predicted octanol–water partition coefficient (Wildman–Crippen LogP) is 0.573. The topological polar surface area (TPSA) is 67.9 Å². The molecule has 0 radical (unpaired) electrons. The van der Waals surface area contributed by atoms with E-state index in [0.29, 0.717) is 19.7 Å². The third-order valence-electron chi connectivity index (χ3n) is 2.22. The van der Waals surface area contributed by atoms with E-state index in [-0.39, 0.29) is 12.1 Å². The van der Waals surface area contributed by atoms with Gasteiger partial charge in [0.05, 0.1) is 19.8 Å². The first-order valence-corrected chi connectivity index (χ1v) is 4.93. The van der Waals surface area contributed by atoms with Crippen LogP contribution in [0, 0.1) is 0 Å². The van der Waals surface area contributed by atoms with Crippen molar-refractivity contribution in [3.05, 3.63) is 0 Å². The molecule has 6 nitrogen and oxygen atoms in total. The monoisotopic (exact) mass is 216 g/mol. The van der Waals surface area contributed by atoms with Gasteiger partial charge in [0.1, 0.15) is 0 Å². The summed E-state index contributed by atoms with van der Waals surface area (Å²) in [7, 11) is 1.31. The van der Waals surface area contributed by atoms with E-state index in [0.717, 1.165) is 6.42 Å². The Hall–Kier alpha value is -1.46. The fraction of sp³-hybridized carbons (Fsp3) is 0.778. The van der Waals surface area contributed by atoms with Crippen LogP contribution >= 0.6 is 0 Å². The largest absolute Gasteiger partial charge is 0.453 e. The van der Waals surface area contributed by atoms with E-state index in [1.807, 2.05) is 0 Å². The maximum Gasteiger partial charge on any atom is 0.409 e. The molecule has 6 heteroatoms. The number of hydrogen-bond acceptors (Lipinski definition) is 4. The highest BCUT2D eigenvalue weighted by molar-refractivity contribution is 5.69. The summed E-state index contributed by atoms with van der Waals surface area (Å²) in [5.74, 6) is 0. The van der Waals surface area contributed by atoms with Crippen LogP contribution in [0.3, 0.4) is 0 Å². The van der Waals surface area contributed by atoms with Crippen molar-refractivity contribution < 1.29 is 19.1 Å². The van der Waals surface area contributed by atoms with E-state index in [9.17, 15) is 9.59 Å². The molecule has 1 atom stereocenters. The first-order chi connectivity index (χ1) is 7.17. The van der Waals surface area contributed by atoms with Crippen molar-refractivity contribution in [2.75, 3.05) is 26.8 Å². The number of amides is 2. The van der Waals surface area contributed by atoms with Gasteiger partial charge in [0.15, 0.2) is 0 Å². The number of rotatable bonds is 2. The van der Waals surface area contributed by atoms with Crippen LogP contribution in [0.15, 0.2) is 0 Å². The van der Waals surface area contributed by atoms with E-state index in [1.165, 1.54) is 7.11 Å². The molecule has 0 aromatic rings. The number of ether oxygens (including phenoxy) is 2. The van der Waals surface area contributed by atoms with E-state index in [2.05, 4.69) is 10.1 Å². The number of hydrogen-bond donors (Lipinski definition) is 1. The molecule has 1 aliphatic rings. The zero-order chi connectivity index (χ0) is 11.3. The van der Waals surface area contributed by atoms with Gasteiger partial charge in [-0.1, -0.05) is 0 Å². The van der Waals surface area contributed by atoms with Gasteiger partial charge < -0.3 is 19.7 Å². The number of likely N-dealkylation sites (tertiary alicyclic amines) is 1. The van der Waals surface area contributed by atoms with E-state index < -0.39 is 6.09 Å². The number of methoxy groups -OCH3 is 1. The molecule has 15 heavy (non-hydrogen) atoms. The molecular weight excluding hydrogens is 200 g/mol. The molecule has 0 bridgehead atoms. The minimum Gasteiger partial charge on any atom is -0.453 e. The highest BCUT2D eigenvalue weighted by Gasteiger charge is 2.28. The average Bonchev–Trinajstić information content (AvgIpc) is 2.66. The SMILES string of the molecule is CCOC(=O)N1CCC(NC(=O)OC)C1. The lowest BCUT2D eigenvalue weighted by Gasteiger charge is -2.15. The molecule has 1 saturated heterocycles. The first kappa shape index (κ1) is 11.6. The molecule has 0 aromatic heterocycles. The van der Waals surface area contributed by atoms with Crippen LogP contribution in [0.1, 0.15) is 13.3 Å². The maximum absolute atomic E-state index is 11.3. The smallest absolute Gasteiger partial charge is 0.409 e. The van der Waals surface area contributed by atoms with Crippen molar-refractivity contribution in [1.29, 1.82) is 0 Å². The van der Waals surface area contributed by atoms with Crippen LogP contribution in [0.4, 0.5) is 9.59 Å². The highest BCUT2D eigenvalue weighted by atomic mass is 16.6. The number of nitrogens with one attached hydrogen (secondary N) is 1. The van der Waals surface area contributed by atoms with Crippen LogP contribution in [-0.4, -0.2) is 49.9 Å². The van der Waals surface area contributed by atoms with E-state index >= 15 is 0 Å². The maximum atomic E-state index is 11.3. The molecule has 1 N–H and O–H groups in total. The molecule has 86 valence electrons.